The molecule has 156 valence electrons. The van der Waals surface area contributed by atoms with E-state index in [1.165, 1.54) is 0 Å². The molecule has 0 radical (unpaired) electrons. The molecule has 1 aliphatic rings. The van der Waals surface area contributed by atoms with Crippen LogP contribution < -0.4 is 21.1 Å². The number of primary amides is 1. The molecule has 4 N–H and O–H groups in total. The fourth-order valence-electron chi connectivity index (χ4n) is 4.13. The maximum atomic E-state index is 12.5. The van der Waals surface area contributed by atoms with Gasteiger partial charge in [0.1, 0.15) is 5.75 Å². The van der Waals surface area contributed by atoms with Crippen molar-refractivity contribution in [2.75, 3.05) is 26.0 Å². The Morgan fingerprint density at radius 2 is 1.90 bits per heavy atom. The molecule has 29 heavy (non-hydrogen) atoms. The molecule has 1 fully saturated rings. The summed E-state index contributed by atoms with van der Waals surface area (Å²) < 4.78 is 5.87. The quantitative estimate of drug-likeness (QED) is 0.633. The van der Waals surface area contributed by atoms with Gasteiger partial charge in [-0.3, -0.25) is 4.79 Å². The Morgan fingerprint density at radius 3 is 2.45 bits per heavy atom. The molecule has 1 saturated carbocycles. The Labute approximate surface area is 172 Å². The smallest absolute Gasteiger partial charge is 0.223 e. The zero-order chi connectivity index (χ0) is 20.9. The van der Waals surface area contributed by atoms with Gasteiger partial charge in [-0.2, -0.15) is 0 Å². The predicted octanol–water partition coefficient (Wildman–Crippen LogP) is 2.76. The molecule has 0 saturated heterocycles. The molecule has 0 spiro atoms. The summed E-state index contributed by atoms with van der Waals surface area (Å²) in [6, 6.07) is 6.50. The standard InChI is InChI=1S/C22H31N5O2/c1-4-29-19-6-5-15(17-13-26-21(25-3)27-14-17)11-16(19)12-22(20(23)28)9-7-18(24-2)8-10-22/h5-6,11,13-14,18,24H,4,7-10,12H2,1-3H3,(H2,23,28)(H,25,26,27). The summed E-state index contributed by atoms with van der Waals surface area (Å²) in [5.74, 6) is 1.16. The van der Waals surface area contributed by atoms with E-state index in [9.17, 15) is 4.79 Å². The lowest BCUT2D eigenvalue weighted by molar-refractivity contribution is -0.129. The first kappa shape index (κ1) is 21.0. The first-order valence-electron chi connectivity index (χ1n) is 10.2. The molecular formula is C22H31N5O2. The number of nitrogens with two attached hydrogens (primary N) is 1. The maximum Gasteiger partial charge on any atom is 0.223 e. The summed E-state index contributed by atoms with van der Waals surface area (Å²) in [6.07, 6.45) is 7.62. The lowest BCUT2D eigenvalue weighted by Gasteiger charge is -2.38. The second kappa shape index (κ2) is 9.22. The van der Waals surface area contributed by atoms with Crippen LogP contribution in [0.25, 0.3) is 11.1 Å². The van der Waals surface area contributed by atoms with Crippen molar-refractivity contribution < 1.29 is 9.53 Å². The van der Waals surface area contributed by atoms with E-state index in [4.69, 9.17) is 10.5 Å². The minimum atomic E-state index is -0.537. The predicted molar refractivity (Wildman–Crippen MR) is 115 cm³/mol. The molecule has 7 nitrogen and oxygen atoms in total. The fraction of sp³-hybridized carbons (Fsp3) is 0.500. The number of carbonyl (C=O) groups is 1. The number of nitrogens with one attached hydrogen (secondary N) is 2. The molecule has 1 aliphatic carbocycles. The van der Waals surface area contributed by atoms with Gasteiger partial charge >= 0.3 is 0 Å². The van der Waals surface area contributed by atoms with E-state index in [0.29, 0.717) is 25.0 Å². The van der Waals surface area contributed by atoms with Gasteiger partial charge in [-0.05, 0) is 69.3 Å². The van der Waals surface area contributed by atoms with Gasteiger partial charge in [0.25, 0.3) is 0 Å². The number of hydrogen-bond acceptors (Lipinski definition) is 6. The van der Waals surface area contributed by atoms with Crippen LogP contribution in [0, 0.1) is 5.41 Å². The highest BCUT2D eigenvalue weighted by Crippen LogP contribution is 2.41. The van der Waals surface area contributed by atoms with E-state index in [1.807, 2.05) is 26.1 Å². The van der Waals surface area contributed by atoms with Crippen LogP contribution >= 0.6 is 0 Å². The number of hydrogen-bond donors (Lipinski definition) is 3. The molecular weight excluding hydrogens is 366 g/mol. The van der Waals surface area contributed by atoms with Crippen molar-refractivity contribution >= 4 is 11.9 Å². The molecule has 0 bridgehead atoms. The van der Waals surface area contributed by atoms with Gasteiger partial charge in [0.05, 0.1) is 12.0 Å². The lowest BCUT2D eigenvalue weighted by Crippen LogP contribution is -2.45. The van der Waals surface area contributed by atoms with E-state index in [0.717, 1.165) is 48.1 Å². The van der Waals surface area contributed by atoms with Crippen LogP contribution in [-0.4, -0.2) is 42.6 Å². The Hall–Kier alpha value is -2.67. The van der Waals surface area contributed by atoms with Gasteiger partial charge in [0.2, 0.25) is 11.9 Å². The number of nitrogens with zero attached hydrogens (tertiary/aromatic N) is 2. The van der Waals surface area contributed by atoms with Crippen molar-refractivity contribution in [3.63, 3.8) is 0 Å². The molecule has 0 unspecified atom stereocenters. The van der Waals surface area contributed by atoms with Crippen LogP contribution in [0.15, 0.2) is 30.6 Å². The van der Waals surface area contributed by atoms with Gasteiger partial charge in [-0.25, -0.2) is 9.97 Å². The third kappa shape index (κ3) is 4.67. The zero-order valence-electron chi connectivity index (χ0n) is 17.5. The van der Waals surface area contributed by atoms with Crippen LogP contribution in [0.3, 0.4) is 0 Å². The number of ether oxygens (including phenoxy) is 1. The monoisotopic (exact) mass is 397 g/mol. The Balaban J connectivity index is 1.93. The van der Waals surface area contributed by atoms with E-state index in [-0.39, 0.29) is 5.91 Å². The van der Waals surface area contributed by atoms with Crippen LogP contribution in [-0.2, 0) is 11.2 Å². The Morgan fingerprint density at radius 1 is 1.21 bits per heavy atom. The van der Waals surface area contributed by atoms with Gasteiger partial charge < -0.3 is 21.1 Å². The molecule has 1 amide bonds. The van der Waals surface area contributed by atoms with Crippen LogP contribution in [0.1, 0.15) is 38.2 Å². The molecule has 7 heteroatoms. The van der Waals surface area contributed by atoms with Crippen LogP contribution in [0.2, 0.25) is 0 Å². The van der Waals surface area contributed by atoms with Crippen molar-refractivity contribution in [1.82, 2.24) is 15.3 Å². The average molecular weight is 398 g/mol. The summed E-state index contributed by atoms with van der Waals surface area (Å²) in [6.45, 7) is 2.53. The SMILES string of the molecule is CCOc1ccc(-c2cnc(NC)nc2)cc1CC1(C(N)=O)CCC(NC)CC1. The van der Waals surface area contributed by atoms with E-state index in [1.54, 1.807) is 19.4 Å². The normalized spacial score (nSPS) is 21.6. The van der Waals surface area contributed by atoms with E-state index in [2.05, 4.69) is 26.7 Å². The van der Waals surface area contributed by atoms with Crippen molar-refractivity contribution in [3.8, 4) is 16.9 Å². The van der Waals surface area contributed by atoms with E-state index >= 15 is 0 Å². The maximum absolute atomic E-state index is 12.5. The number of anilines is 1. The van der Waals surface area contributed by atoms with Gasteiger partial charge in [0, 0.05) is 31.0 Å². The molecule has 0 atom stereocenters. The molecule has 1 aromatic carbocycles. The number of rotatable bonds is 8. The second-order valence-corrected chi connectivity index (χ2v) is 7.69. The average Bonchev–Trinajstić information content (AvgIpc) is 2.75. The van der Waals surface area contributed by atoms with Crippen molar-refractivity contribution in [2.24, 2.45) is 11.1 Å². The minimum absolute atomic E-state index is 0.221. The highest BCUT2D eigenvalue weighted by Gasteiger charge is 2.40. The van der Waals surface area contributed by atoms with Gasteiger partial charge in [-0.1, -0.05) is 6.07 Å². The summed E-state index contributed by atoms with van der Waals surface area (Å²) in [4.78, 5) is 21.1. The summed E-state index contributed by atoms with van der Waals surface area (Å²) in [7, 11) is 3.76. The zero-order valence-corrected chi connectivity index (χ0v) is 17.5. The number of amides is 1. The second-order valence-electron chi connectivity index (χ2n) is 7.69. The molecule has 3 rings (SSSR count). The van der Waals surface area contributed by atoms with Crippen molar-refractivity contribution in [3.05, 3.63) is 36.2 Å². The third-order valence-electron chi connectivity index (χ3n) is 5.97. The molecule has 0 aliphatic heterocycles. The summed E-state index contributed by atoms with van der Waals surface area (Å²) >= 11 is 0. The minimum Gasteiger partial charge on any atom is -0.494 e. The van der Waals surface area contributed by atoms with Crippen molar-refractivity contribution in [2.45, 2.75) is 45.1 Å². The van der Waals surface area contributed by atoms with Gasteiger partial charge in [0.15, 0.2) is 0 Å². The molecule has 1 heterocycles. The largest absolute Gasteiger partial charge is 0.494 e. The number of benzene rings is 1. The highest BCUT2D eigenvalue weighted by molar-refractivity contribution is 5.81. The van der Waals surface area contributed by atoms with Crippen molar-refractivity contribution in [1.29, 1.82) is 0 Å². The fourth-order valence-corrected chi connectivity index (χ4v) is 4.13. The number of carbonyl (C=O) groups excluding carboxylic acids is 1. The summed E-state index contributed by atoms with van der Waals surface area (Å²) in [5.41, 5.74) is 8.29. The van der Waals surface area contributed by atoms with Crippen LogP contribution in [0.5, 0.6) is 5.75 Å². The third-order valence-corrected chi connectivity index (χ3v) is 5.97. The molecule has 2 aromatic rings. The van der Waals surface area contributed by atoms with Gasteiger partial charge in [-0.15, -0.1) is 0 Å². The Bertz CT molecular complexity index is 830. The highest BCUT2D eigenvalue weighted by atomic mass is 16.5. The first-order chi connectivity index (χ1) is 14.0. The Kier molecular flexibility index (Phi) is 6.69. The summed E-state index contributed by atoms with van der Waals surface area (Å²) in [5, 5.41) is 6.24. The van der Waals surface area contributed by atoms with Crippen LogP contribution in [0.4, 0.5) is 5.95 Å². The lowest BCUT2D eigenvalue weighted by atomic mass is 9.68. The molecule has 1 aromatic heterocycles. The van der Waals surface area contributed by atoms with E-state index < -0.39 is 5.41 Å². The number of aromatic nitrogens is 2. The first-order valence-corrected chi connectivity index (χ1v) is 10.2. The topological polar surface area (TPSA) is 102 Å².